The molecule has 1 aliphatic heterocycles. The highest BCUT2D eigenvalue weighted by Crippen LogP contribution is 2.17. The fourth-order valence-electron chi connectivity index (χ4n) is 2.10. The van der Waals surface area contributed by atoms with Crippen LogP contribution in [-0.2, 0) is 11.2 Å². The van der Waals surface area contributed by atoms with E-state index in [-0.39, 0.29) is 18.2 Å². The first-order valence-electron chi connectivity index (χ1n) is 5.87. The molecular formula is C13H15ClFNO. The summed E-state index contributed by atoms with van der Waals surface area (Å²) >= 11 is 5.66. The van der Waals surface area contributed by atoms with Crippen LogP contribution in [-0.4, -0.2) is 18.4 Å². The van der Waals surface area contributed by atoms with Crippen molar-refractivity contribution in [1.82, 2.24) is 5.32 Å². The summed E-state index contributed by atoms with van der Waals surface area (Å²) < 4.78 is 13.5. The second-order valence-corrected chi connectivity index (χ2v) is 4.82. The van der Waals surface area contributed by atoms with Gasteiger partial charge in [-0.05, 0) is 37.1 Å². The minimum atomic E-state index is -0.401. The molecule has 1 fully saturated rings. The molecule has 1 aromatic carbocycles. The van der Waals surface area contributed by atoms with Crippen LogP contribution < -0.4 is 5.32 Å². The molecule has 2 rings (SSSR count). The molecule has 0 aliphatic carbocycles. The predicted molar refractivity (Wildman–Crippen MR) is 65.8 cm³/mol. The van der Waals surface area contributed by atoms with Gasteiger partial charge in [-0.3, -0.25) is 4.79 Å². The second-order valence-electron chi connectivity index (χ2n) is 4.38. The Morgan fingerprint density at radius 2 is 2.29 bits per heavy atom. The van der Waals surface area contributed by atoms with E-state index in [0.29, 0.717) is 10.6 Å². The molecule has 1 atom stereocenters. The fraction of sp³-hybridized carbons (Fsp3) is 0.462. The highest BCUT2D eigenvalue weighted by molar-refractivity contribution is 6.30. The van der Waals surface area contributed by atoms with Gasteiger partial charge in [0.15, 0.2) is 5.78 Å². The van der Waals surface area contributed by atoms with Gasteiger partial charge in [0.25, 0.3) is 0 Å². The van der Waals surface area contributed by atoms with Crippen LogP contribution in [0.5, 0.6) is 0 Å². The normalized spacial score (nSPS) is 20.2. The topological polar surface area (TPSA) is 29.1 Å². The number of carbonyl (C=O) groups excluding carboxylic acids is 1. The van der Waals surface area contributed by atoms with Crippen molar-refractivity contribution in [2.24, 2.45) is 0 Å². The molecule has 0 amide bonds. The van der Waals surface area contributed by atoms with Gasteiger partial charge in [-0.15, -0.1) is 0 Å². The van der Waals surface area contributed by atoms with Gasteiger partial charge in [0.1, 0.15) is 5.82 Å². The number of Topliss-reactive ketones (excluding diaryl/α,β-unsaturated/α-hetero) is 1. The Bertz CT molecular complexity index is 416. The number of hydrogen-bond acceptors (Lipinski definition) is 2. The summed E-state index contributed by atoms with van der Waals surface area (Å²) in [7, 11) is 0. The Hall–Kier alpha value is -0.930. The molecule has 0 saturated carbocycles. The van der Waals surface area contributed by atoms with Crippen LogP contribution in [0.2, 0.25) is 5.02 Å². The Morgan fingerprint density at radius 1 is 1.47 bits per heavy atom. The lowest BCUT2D eigenvalue weighted by Gasteiger charge is -2.22. The summed E-state index contributed by atoms with van der Waals surface area (Å²) in [5, 5.41) is 3.53. The number of halogens is 2. The molecule has 2 nitrogen and oxygen atoms in total. The zero-order valence-corrected chi connectivity index (χ0v) is 10.3. The van der Waals surface area contributed by atoms with Gasteiger partial charge in [-0.25, -0.2) is 4.39 Å². The minimum Gasteiger partial charge on any atom is -0.307 e. The van der Waals surface area contributed by atoms with Crippen molar-refractivity contribution in [2.75, 3.05) is 6.54 Å². The van der Waals surface area contributed by atoms with Gasteiger partial charge in [-0.2, -0.15) is 0 Å². The largest absolute Gasteiger partial charge is 0.307 e. The number of carbonyl (C=O) groups is 1. The van der Waals surface area contributed by atoms with Crippen LogP contribution in [0.4, 0.5) is 4.39 Å². The number of ketones is 1. The number of rotatable bonds is 3. The maximum absolute atomic E-state index is 13.5. The summed E-state index contributed by atoms with van der Waals surface area (Å²) in [5.41, 5.74) is 0.423. The average Bonchev–Trinajstić information content (AvgIpc) is 2.34. The molecule has 4 heteroatoms. The van der Waals surface area contributed by atoms with Crippen LogP contribution in [0.3, 0.4) is 0 Å². The molecule has 1 heterocycles. The van der Waals surface area contributed by atoms with Gasteiger partial charge in [0, 0.05) is 11.4 Å². The quantitative estimate of drug-likeness (QED) is 0.900. The predicted octanol–water partition coefficient (Wildman–Crippen LogP) is 2.73. The van der Waals surface area contributed by atoms with Gasteiger partial charge in [0.2, 0.25) is 0 Å². The average molecular weight is 256 g/mol. The first-order chi connectivity index (χ1) is 8.16. The molecule has 1 N–H and O–H groups in total. The van der Waals surface area contributed by atoms with Gasteiger partial charge >= 0.3 is 0 Å². The molecule has 1 aromatic rings. The summed E-state index contributed by atoms with van der Waals surface area (Å²) in [6.45, 7) is 0.875. The Kier molecular flexibility index (Phi) is 4.13. The molecule has 0 radical (unpaired) electrons. The van der Waals surface area contributed by atoms with Crippen LogP contribution in [0.1, 0.15) is 24.8 Å². The standard InChI is InChI=1S/C13H15ClFNO/c14-10-5-4-9(11(15)8-10)7-13(17)12-3-1-2-6-16-12/h4-5,8,12,16H,1-3,6-7H2. The van der Waals surface area contributed by atoms with Gasteiger partial charge < -0.3 is 5.32 Å². The Labute approximate surface area is 105 Å². The highest BCUT2D eigenvalue weighted by Gasteiger charge is 2.21. The molecule has 0 bridgehead atoms. The monoisotopic (exact) mass is 255 g/mol. The van der Waals surface area contributed by atoms with E-state index in [1.54, 1.807) is 12.1 Å². The van der Waals surface area contributed by atoms with Crippen LogP contribution in [0.25, 0.3) is 0 Å². The third kappa shape index (κ3) is 3.27. The Morgan fingerprint density at radius 3 is 2.94 bits per heavy atom. The van der Waals surface area contributed by atoms with Crippen LogP contribution >= 0.6 is 11.6 Å². The summed E-state index contributed by atoms with van der Waals surface area (Å²) in [6.07, 6.45) is 3.17. The third-order valence-corrected chi connectivity index (χ3v) is 3.31. The third-order valence-electron chi connectivity index (χ3n) is 3.08. The van der Waals surface area contributed by atoms with Crippen LogP contribution in [0, 0.1) is 5.82 Å². The number of hydrogen-bond donors (Lipinski definition) is 1. The van der Waals surface area contributed by atoms with Crippen molar-refractivity contribution in [3.8, 4) is 0 Å². The zero-order chi connectivity index (χ0) is 12.3. The summed E-state index contributed by atoms with van der Waals surface area (Å²) in [6, 6.07) is 4.33. The lowest BCUT2D eigenvalue weighted by atomic mass is 9.96. The van der Waals surface area contributed by atoms with E-state index in [1.807, 2.05) is 0 Å². The molecule has 0 spiro atoms. The first kappa shape index (κ1) is 12.5. The minimum absolute atomic E-state index is 0.0610. The van der Waals surface area contributed by atoms with Crippen molar-refractivity contribution in [2.45, 2.75) is 31.7 Å². The van der Waals surface area contributed by atoms with E-state index < -0.39 is 5.82 Å². The first-order valence-corrected chi connectivity index (χ1v) is 6.24. The highest BCUT2D eigenvalue weighted by atomic mass is 35.5. The molecule has 1 unspecified atom stereocenters. The zero-order valence-electron chi connectivity index (χ0n) is 9.51. The van der Waals surface area contributed by atoms with Crippen LogP contribution in [0.15, 0.2) is 18.2 Å². The fourth-order valence-corrected chi connectivity index (χ4v) is 2.26. The number of piperidine rings is 1. The van der Waals surface area contributed by atoms with E-state index >= 15 is 0 Å². The summed E-state index contributed by atoms with van der Waals surface area (Å²) in [5.74, 6) is -0.340. The molecular weight excluding hydrogens is 241 g/mol. The van der Waals surface area contributed by atoms with Crippen molar-refractivity contribution < 1.29 is 9.18 Å². The van der Waals surface area contributed by atoms with E-state index in [4.69, 9.17) is 11.6 Å². The van der Waals surface area contributed by atoms with E-state index in [9.17, 15) is 9.18 Å². The van der Waals surface area contributed by atoms with E-state index in [2.05, 4.69) is 5.32 Å². The lowest BCUT2D eigenvalue weighted by molar-refractivity contribution is -0.121. The molecule has 1 aliphatic rings. The van der Waals surface area contributed by atoms with Gasteiger partial charge in [0.05, 0.1) is 6.04 Å². The van der Waals surface area contributed by atoms with Crippen molar-refractivity contribution in [3.63, 3.8) is 0 Å². The summed E-state index contributed by atoms with van der Waals surface area (Å²) in [4.78, 5) is 11.9. The molecule has 1 saturated heterocycles. The maximum atomic E-state index is 13.5. The number of benzene rings is 1. The second kappa shape index (κ2) is 5.61. The Balaban J connectivity index is 2.02. The van der Waals surface area contributed by atoms with Crippen molar-refractivity contribution in [3.05, 3.63) is 34.6 Å². The smallest absolute Gasteiger partial charge is 0.154 e. The molecule has 92 valence electrons. The number of nitrogens with one attached hydrogen (secondary N) is 1. The van der Waals surface area contributed by atoms with Gasteiger partial charge in [-0.1, -0.05) is 24.1 Å². The molecule has 17 heavy (non-hydrogen) atoms. The van der Waals surface area contributed by atoms with Crippen molar-refractivity contribution in [1.29, 1.82) is 0 Å². The van der Waals surface area contributed by atoms with E-state index in [0.717, 1.165) is 25.8 Å². The molecule has 0 aromatic heterocycles. The van der Waals surface area contributed by atoms with Crippen molar-refractivity contribution >= 4 is 17.4 Å². The van der Waals surface area contributed by atoms with E-state index in [1.165, 1.54) is 6.07 Å². The lowest BCUT2D eigenvalue weighted by Crippen LogP contribution is -2.41. The maximum Gasteiger partial charge on any atom is 0.154 e. The SMILES string of the molecule is O=C(Cc1ccc(Cl)cc1F)C1CCCCN1.